The number of thioether (sulfide) groups is 1. The van der Waals surface area contributed by atoms with E-state index < -0.39 is 0 Å². The number of nitrogens with zero attached hydrogens (tertiary/aromatic N) is 1. The van der Waals surface area contributed by atoms with Crippen LogP contribution in [0.3, 0.4) is 0 Å². The molecule has 1 N–H and O–H groups in total. The third-order valence-corrected chi connectivity index (χ3v) is 4.63. The molecule has 2 unspecified atom stereocenters. The topological polar surface area (TPSA) is 32.3 Å². The molecule has 1 amide bonds. The second-order valence-corrected chi connectivity index (χ2v) is 6.11. The van der Waals surface area contributed by atoms with Crippen LogP contribution in [0, 0.1) is 0 Å². The summed E-state index contributed by atoms with van der Waals surface area (Å²) in [7, 11) is 0. The van der Waals surface area contributed by atoms with E-state index in [0.29, 0.717) is 18.0 Å². The molecule has 2 heterocycles. The van der Waals surface area contributed by atoms with Gasteiger partial charge in [-0.15, -0.1) is 0 Å². The number of hydrogen-bond acceptors (Lipinski definition) is 3. The summed E-state index contributed by atoms with van der Waals surface area (Å²) < 4.78 is 0. The van der Waals surface area contributed by atoms with Crippen molar-refractivity contribution in [2.45, 2.75) is 50.6 Å². The van der Waals surface area contributed by atoms with Gasteiger partial charge >= 0.3 is 0 Å². The Balaban J connectivity index is 1.81. The monoisotopic (exact) mass is 256 g/mol. The van der Waals surface area contributed by atoms with Crippen LogP contribution in [-0.4, -0.2) is 48.0 Å². The zero-order valence-electron chi connectivity index (χ0n) is 10.8. The van der Waals surface area contributed by atoms with Crippen molar-refractivity contribution in [1.82, 2.24) is 10.2 Å². The Morgan fingerprint density at radius 3 is 2.94 bits per heavy atom. The van der Waals surface area contributed by atoms with Gasteiger partial charge in [0.1, 0.15) is 0 Å². The molecule has 2 rings (SSSR count). The highest BCUT2D eigenvalue weighted by molar-refractivity contribution is 7.98. The molecule has 98 valence electrons. The summed E-state index contributed by atoms with van der Waals surface area (Å²) in [5, 5.41) is 3.44. The van der Waals surface area contributed by atoms with E-state index in [1.165, 1.54) is 25.0 Å². The summed E-state index contributed by atoms with van der Waals surface area (Å²) in [6.07, 6.45) is 8.69. The molecule has 2 fully saturated rings. The van der Waals surface area contributed by atoms with E-state index in [0.717, 1.165) is 32.4 Å². The standard InChI is InChI=1S/C13H24N2OS/c1-17-9-3-2-4-13(16)15-11-5-6-12(15)10-14-8-7-11/h11-12,14H,2-10H2,1H3. The first kappa shape index (κ1) is 13.2. The van der Waals surface area contributed by atoms with Gasteiger partial charge in [0.25, 0.3) is 0 Å². The lowest BCUT2D eigenvalue weighted by Crippen LogP contribution is -2.42. The summed E-state index contributed by atoms with van der Waals surface area (Å²) in [6, 6.07) is 1.01. The smallest absolute Gasteiger partial charge is 0.223 e. The maximum Gasteiger partial charge on any atom is 0.223 e. The van der Waals surface area contributed by atoms with Gasteiger partial charge in [0.05, 0.1) is 0 Å². The number of fused-ring (bicyclic) bond motifs is 2. The molecule has 3 nitrogen and oxygen atoms in total. The predicted octanol–water partition coefficient (Wildman–Crippen LogP) is 1.87. The Bertz CT molecular complexity index is 246. The minimum Gasteiger partial charge on any atom is -0.335 e. The molecule has 2 aliphatic heterocycles. The first-order valence-corrected chi connectivity index (χ1v) is 8.23. The van der Waals surface area contributed by atoms with Crippen LogP contribution in [0.1, 0.15) is 38.5 Å². The van der Waals surface area contributed by atoms with Crippen LogP contribution < -0.4 is 5.32 Å². The quantitative estimate of drug-likeness (QED) is 0.762. The summed E-state index contributed by atoms with van der Waals surface area (Å²) in [5.74, 6) is 1.59. The Morgan fingerprint density at radius 2 is 2.12 bits per heavy atom. The van der Waals surface area contributed by atoms with Crippen molar-refractivity contribution in [3.8, 4) is 0 Å². The minimum absolute atomic E-state index is 0.405. The van der Waals surface area contributed by atoms with Gasteiger partial charge < -0.3 is 10.2 Å². The van der Waals surface area contributed by atoms with E-state index in [1.807, 2.05) is 11.8 Å². The van der Waals surface area contributed by atoms with E-state index in [1.54, 1.807) is 0 Å². The van der Waals surface area contributed by atoms with E-state index in [4.69, 9.17) is 0 Å². The van der Waals surface area contributed by atoms with Gasteiger partial charge in [-0.1, -0.05) is 0 Å². The molecule has 2 aliphatic rings. The van der Waals surface area contributed by atoms with E-state index in [-0.39, 0.29) is 0 Å². The minimum atomic E-state index is 0.405. The number of rotatable bonds is 5. The van der Waals surface area contributed by atoms with Crippen LogP contribution >= 0.6 is 11.8 Å². The van der Waals surface area contributed by atoms with Gasteiger partial charge in [-0.2, -0.15) is 11.8 Å². The molecule has 0 aromatic rings. The third kappa shape index (κ3) is 3.38. The van der Waals surface area contributed by atoms with Crippen LogP contribution in [0.25, 0.3) is 0 Å². The van der Waals surface area contributed by atoms with Crippen LogP contribution in [0.4, 0.5) is 0 Å². The number of unbranched alkanes of at least 4 members (excludes halogenated alkanes) is 1. The number of carbonyl (C=O) groups is 1. The summed E-state index contributed by atoms with van der Waals surface area (Å²) in [4.78, 5) is 14.5. The van der Waals surface area contributed by atoms with Crippen molar-refractivity contribution < 1.29 is 4.79 Å². The van der Waals surface area contributed by atoms with Crippen molar-refractivity contribution in [2.75, 3.05) is 25.1 Å². The average Bonchev–Trinajstić information content (AvgIpc) is 2.58. The van der Waals surface area contributed by atoms with E-state index in [9.17, 15) is 4.79 Å². The molecule has 0 saturated carbocycles. The van der Waals surface area contributed by atoms with Crippen molar-refractivity contribution >= 4 is 17.7 Å². The third-order valence-electron chi connectivity index (χ3n) is 3.93. The Morgan fingerprint density at radius 1 is 1.29 bits per heavy atom. The zero-order chi connectivity index (χ0) is 12.1. The summed E-state index contributed by atoms with van der Waals surface area (Å²) >= 11 is 1.87. The Kier molecular flexibility index (Phi) is 5.16. The maximum absolute atomic E-state index is 12.3. The van der Waals surface area contributed by atoms with E-state index >= 15 is 0 Å². The lowest BCUT2D eigenvalue weighted by Gasteiger charge is -2.28. The fourth-order valence-corrected chi connectivity index (χ4v) is 3.53. The highest BCUT2D eigenvalue weighted by atomic mass is 32.2. The zero-order valence-corrected chi connectivity index (χ0v) is 11.6. The second-order valence-electron chi connectivity index (χ2n) is 5.13. The van der Waals surface area contributed by atoms with Gasteiger partial charge in [-0.3, -0.25) is 4.79 Å². The lowest BCUT2D eigenvalue weighted by molar-refractivity contribution is -0.133. The number of carbonyl (C=O) groups excluding carboxylic acids is 1. The molecule has 0 spiro atoms. The largest absolute Gasteiger partial charge is 0.335 e. The van der Waals surface area contributed by atoms with E-state index in [2.05, 4.69) is 16.5 Å². The van der Waals surface area contributed by atoms with Crippen LogP contribution in [0.2, 0.25) is 0 Å². The highest BCUT2D eigenvalue weighted by Gasteiger charge is 2.37. The first-order valence-electron chi connectivity index (χ1n) is 6.83. The molecular weight excluding hydrogens is 232 g/mol. The second kappa shape index (κ2) is 6.64. The van der Waals surface area contributed by atoms with Crippen LogP contribution in [0.15, 0.2) is 0 Å². The molecule has 17 heavy (non-hydrogen) atoms. The molecule has 0 radical (unpaired) electrons. The molecule has 2 bridgehead atoms. The molecular formula is C13H24N2OS. The fourth-order valence-electron chi connectivity index (χ4n) is 3.04. The molecule has 0 aromatic carbocycles. The number of hydrogen-bond donors (Lipinski definition) is 1. The highest BCUT2D eigenvalue weighted by Crippen LogP contribution is 2.28. The van der Waals surface area contributed by atoms with Crippen molar-refractivity contribution in [3.05, 3.63) is 0 Å². The van der Waals surface area contributed by atoms with Crippen molar-refractivity contribution in [1.29, 1.82) is 0 Å². The molecule has 2 saturated heterocycles. The SMILES string of the molecule is CSCCCCC(=O)N1C2CCNCC1CC2. The Hall–Kier alpha value is -0.220. The molecule has 4 heteroatoms. The Labute approximate surface area is 109 Å². The maximum atomic E-state index is 12.3. The van der Waals surface area contributed by atoms with Gasteiger partial charge in [0.15, 0.2) is 0 Å². The number of amides is 1. The van der Waals surface area contributed by atoms with Gasteiger partial charge in [-0.05, 0) is 50.7 Å². The van der Waals surface area contributed by atoms with Crippen molar-refractivity contribution in [2.24, 2.45) is 0 Å². The van der Waals surface area contributed by atoms with Crippen LogP contribution in [-0.2, 0) is 4.79 Å². The average molecular weight is 256 g/mol. The fraction of sp³-hybridized carbons (Fsp3) is 0.923. The summed E-state index contributed by atoms with van der Waals surface area (Å²) in [6.45, 7) is 2.09. The van der Waals surface area contributed by atoms with Gasteiger partial charge in [0, 0.05) is 25.0 Å². The first-order chi connectivity index (χ1) is 8.33. The van der Waals surface area contributed by atoms with Crippen molar-refractivity contribution in [3.63, 3.8) is 0 Å². The van der Waals surface area contributed by atoms with Gasteiger partial charge in [0.2, 0.25) is 5.91 Å². The van der Waals surface area contributed by atoms with Gasteiger partial charge in [-0.25, -0.2) is 0 Å². The molecule has 2 atom stereocenters. The summed E-state index contributed by atoms with van der Waals surface area (Å²) in [5.41, 5.74) is 0. The number of nitrogens with one attached hydrogen (secondary N) is 1. The molecule has 0 aliphatic carbocycles. The normalized spacial score (nSPS) is 28.2. The molecule has 0 aromatic heterocycles. The lowest BCUT2D eigenvalue weighted by atomic mass is 10.1. The predicted molar refractivity (Wildman–Crippen MR) is 73.4 cm³/mol. The van der Waals surface area contributed by atoms with Crippen LogP contribution in [0.5, 0.6) is 0 Å².